The van der Waals surface area contributed by atoms with E-state index in [2.05, 4.69) is 20.7 Å². The number of carbonyl (C=O) groups excluding carboxylic acids is 3. The number of pyridine rings is 1. The molecule has 1 aromatic heterocycles. The van der Waals surface area contributed by atoms with E-state index in [1.54, 1.807) is 12.1 Å². The number of nitrogens with two attached hydrogens (primary N) is 1. The van der Waals surface area contributed by atoms with Gasteiger partial charge in [-0.1, -0.05) is 6.07 Å². The largest absolute Gasteiger partial charge is 0.368 e. The number of anilines is 3. The fraction of sp³-hybridized carbons (Fsp3) is 0.0870. The van der Waals surface area contributed by atoms with E-state index in [0.717, 1.165) is 12.1 Å². The third-order valence-corrected chi connectivity index (χ3v) is 4.97. The van der Waals surface area contributed by atoms with E-state index >= 15 is 0 Å². The Labute approximate surface area is 192 Å². The highest BCUT2D eigenvalue weighted by Gasteiger charge is 2.35. The predicted octanol–water partition coefficient (Wildman–Crippen LogP) is 2.67. The van der Waals surface area contributed by atoms with E-state index in [1.165, 1.54) is 47.6 Å². The minimum atomic E-state index is -0.970. The van der Waals surface area contributed by atoms with Crippen molar-refractivity contribution in [2.75, 3.05) is 15.6 Å². The molecule has 2 heterocycles. The molecule has 3 amide bonds. The molecular formula is C23H18F2N6O3. The van der Waals surface area contributed by atoms with Crippen molar-refractivity contribution in [1.29, 1.82) is 0 Å². The van der Waals surface area contributed by atoms with Crippen LogP contribution in [0, 0.1) is 11.6 Å². The van der Waals surface area contributed by atoms with E-state index in [1.807, 2.05) is 0 Å². The van der Waals surface area contributed by atoms with Crippen molar-refractivity contribution < 1.29 is 23.2 Å². The highest BCUT2D eigenvalue weighted by Crippen LogP contribution is 2.27. The van der Waals surface area contributed by atoms with Gasteiger partial charge in [-0.3, -0.25) is 24.4 Å². The predicted molar refractivity (Wildman–Crippen MR) is 121 cm³/mol. The molecule has 0 fully saturated rings. The molecule has 34 heavy (non-hydrogen) atoms. The molecule has 1 aliphatic rings. The molecule has 0 spiro atoms. The number of rotatable bonds is 6. The topological polar surface area (TPSA) is 130 Å². The van der Waals surface area contributed by atoms with Gasteiger partial charge in [-0.05, 0) is 54.6 Å². The van der Waals surface area contributed by atoms with Crippen LogP contribution in [0.1, 0.15) is 16.9 Å². The fourth-order valence-corrected chi connectivity index (χ4v) is 3.31. The second-order valence-corrected chi connectivity index (χ2v) is 7.30. The molecular weight excluding hydrogens is 446 g/mol. The minimum absolute atomic E-state index is 0.0205. The molecule has 4 rings (SSSR count). The summed E-state index contributed by atoms with van der Waals surface area (Å²) in [7, 11) is 0. The van der Waals surface area contributed by atoms with E-state index in [0.29, 0.717) is 5.69 Å². The summed E-state index contributed by atoms with van der Waals surface area (Å²) in [6.45, 7) is 0. The first-order valence-electron chi connectivity index (χ1n) is 10.1. The molecule has 4 N–H and O–H groups in total. The van der Waals surface area contributed by atoms with Crippen LogP contribution in [0.4, 0.5) is 25.8 Å². The van der Waals surface area contributed by atoms with Crippen molar-refractivity contribution in [3.8, 4) is 0 Å². The molecule has 1 unspecified atom stereocenters. The number of nitrogens with one attached hydrogen (secondary N) is 2. The number of carbonyl (C=O) groups is 3. The fourth-order valence-electron chi connectivity index (χ4n) is 3.31. The number of primary amides is 1. The molecule has 1 aliphatic heterocycles. The lowest BCUT2D eigenvalue weighted by Crippen LogP contribution is -2.39. The quantitative estimate of drug-likeness (QED) is 0.517. The van der Waals surface area contributed by atoms with Crippen LogP contribution in [0.2, 0.25) is 0 Å². The van der Waals surface area contributed by atoms with Gasteiger partial charge in [-0.15, -0.1) is 0 Å². The van der Waals surface area contributed by atoms with Crippen LogP contribution in [-0.2, 0) is 9.59 Å². The van der Waals surface area contributed by atoms with Gasteiger partial charge in [0, 0.05) is 12.6 Å². The number of amides is 3. The molecule has 3 aromatic rings. The normalized spacial score (nSPS) is 14.9. The Bertz CT molecular complexity index is 1280. The van der Waals surface area contributed by atoms with Crippen molar-refractivity contribution in [2.45, 2.75) is 12.5 Å². The SMILES string of the molecule is NC(=O)C1CC(C(=O)Nc2cc(F)ccc2NC(=O)c2ccccn2)=NN1c1ccc(F)cc1. The lowest BCUT2D eigenvalue weighted by atomic mass is 10.1. The van der Waals surface area contributed by atoms with Gasteiger partial charge in [0.25, 0.3) is 11.8 Å². The summed E-state index contributed by atoms with van der Waals surface area (Å²) in [5, 5.41) is 10.5. The van der Waals surface area contributed by atoms with E-state index < -0.39 is 35.4 Å². The summed E-state index contributed by atoms with van der Waals surface area (Å²) in [4.78, 5) is 41.2. The lowest BCUT2D eigenvalue weighted by Gasteiger charge is -2.20. The molecule has 2 aromatic carbocycles. The van der Waals surface area contributed by atoms with Crippen LogP contribution in [0.3, 0.4) is 0 Å². The number of hydrogen-bond donors (Lipinski definition) is 3. The first kappa shape index (κ1) is 22.5. The van der Waals surface area contributed by atoms with Crippen molar-refractivity contribution in [2.24, 2.45) is 10.8 Å². The van der Waals surface area contributed by atoms with E-state index in [-0.39, 0.29) is 29.2 Å². The van der Waals surface area contributed by atoms with Crippen LogP contribution >= 0.6 is 0 Å². The maximum atomic E-state index is 13.9. The van der Waals surface area contributed by atoms with Gasteiger partial charge in [0.05, 0.1) is 17.1 Å². The second kappa shape index (κ2) is 9.45. The molecule has 0 aliphatic carbocycles. The number of hydrogen-bond acceptors (Lipinski definition) is 6. The Morgan fingerprint density at radius 1 is 0.912 bits per heavy atom. The van der Waals surface area contributed by atoms with Gasteiger partial charge in [0.1, 0.15) is 29.1 Å². The standard InChI is InChI=1S/C23H18F2N6O3/c24-13-4-7-15(8-5-13)31-20(21(26)32)12-19(30-31)23(34)29-18-11-14(25)6-9-16(18)28-22(33)17-3-1-2-10-27-17/h1-11,20H,12H2,(H2,26,32)(H,28,33)(H,29,34). The zero-order chi connectivity index (χ0) is 24.2. The average molecular weight is 464 g/mol. The Morgan fingerprint density at radius 3 is 2.29 bits per heavy atom. The van der Waals surface area contributed by atoms with Gasteiger partial charge in [0.15, 0.2) is 0 Å². The summed E-state index contributed by atoms with van der Waals surface area (Å²) in [5.74, 6) is -3.15. The van der Waals surface area contributed by atoms with Crippen LogP contribution in [0.25, 0.3) is 0 Å². The summed E-state index contributed by atoms with van der Waals surface area (Å²) < 4.78 is 27.2. The van der Waals surface area contributed by atoms with Gasteiger partial charge < -0.3 is 16.4 Å². The molecule has 9 nitrogen and oxygen atoms in total. The van der Waals surface area contributed by atoms with E-state index in [9.17, 15) is 23.2 Å². The van der Waals surface area contributed by atoms with Crippen molar-refractivity contribution in [1.82, 2.24) is 4.98 Å². The van der Waals surface area contributed by atoms with Crippen molar-refractivity contribution >= 4 is 40.5 Å². The number of aromatic nitrogens is 1. The maximum absolute atomic E-state index is 13.9. The molecule has 0 bridgehead atoms. The molecule has 0 saturated heterocycles. The number of nitrogens with zero attached hydrogens (tertiary/aromatic N) is 3. The molecule has 0 saturated carbocycles. The van der Waals surface area contributed by atoms with Gasteiger partial charge in [-0.25, -0.2) is 8.78 Å². The Hall–Kier alpha value is -4.67. The third kappa shape index (κ3) is 4.88. The van der Waals surface area contributed by atoms with Crippen LogP contribution in [-0.4, -0.2) is 34.5 Å². The summed E-state index contributed by atoms with van der Waals surface area (Å²) in [6, 6.07) is 12.4. The van der Waals surface area contributed by atoms with Crippen LogP contribution < -0.4 is 21.4 Å². The average Bonchev–Trinajstić information content (AvgIpc) is 3.28. The molecule has 172 valence electrons. The molecule has 11 heteroatoms. The molecule has 0 radical (unpaired) electrons. The highest BCUT2D eigenvalue weighted by molar-refractivity contribution is 6.44. The Balaban J connectivity index is 1.57. The summed E-state index contributed by atoms with van der Waals surface area (Å²) >= 11 is 0. The Kier molecular flexibility index (Phi) is 6.26. The van der Waals surface area contributed by atoms with Gasteiger partial charge in [-0.2, -0.15) is 5.10 Å². The first-order chi connectivity index (χ1) is 16.3. The zero-order valence-corrected chi connectivity index (χ0v) is 17.5. The second-order valence-electron chi connectivity index (χ2n) is 7.30. The zero-order valence-electron chi connectivity index (χ0n) is 17.5. The summed E-state index contributed by atoms with van der Waals surface area (Å²) in [5.41, 5.74) is 6.01. The van der Waals surface area contributed by atoms with Crippen LogP contribution in [0.5, 0.6) is 0 Å². The van der Waals surface area contributed by atoms with Crippen molar-refractivity contribution in [3.63, 3.8) is 0 Å². The smallest absolute Gasteiger partial charge is 0.274 e. The number of hydrazone groups is 1. The minimum Gasteiger partial charge on any atom is -0.368 e. The van der Waals surface area contributed by atoms with Gasteiger partial charge >= 0.3 is 0 Å². The first-order valence-corrected chi connectivity index (χ1v) is 10.1. The van der Waals surface area contributed by atoms with Gasteiger partial charge in [0.2, 0.25) is 5.91 Å². The molecule has 1 atom stereocenters. The summed E-state index contributed by atoms with van der Waals surface area (Å²) in [6.07, 6.45) is 1.33. The number of benzene rings is 2. The monoisotopic (exact) mass is 464 g/mol. The third-order valence-electron chi connectivity index (χ3n) is 4.97. The highest BCUT2D eigenvalue weighted by atomic mass is 19.1. The van der Waals surface area contributed by atoms with Crippen LogP contribution in [0.15, 0.2) is 72.0 Å². The Morgan fingerprint density at radius 2 is 1.62 bits per heavy atom. The van der Waals surface area contributed by atoms with Crippen molar-refractivity contribution in [3.05, 3.63) is 84.2 Å². The number of halogens is 2. The maximum Gasteiger partial charge on any atom is 0.274 e. The lowest BCUT2D eigenvalue weighted by molar-refractivity contribution is -0.119. The van der Waals surface area contributed by atoms with E-state index in [4.69, 9.17) is 5.73 Å².